The normalized spacial score (nSPS) is 19.2. The summed E-state index contributed by atoms with van der Waals surface area (Å²) < 4.78 is 0. The predicted molar refractivity (Wildman–Crippen MR) is 95.1 cm³/mol. The van der Waals surface area contributed by atoms with Crippen molar-refractivity contribution >= 4 is 22.6 Å². The van der Waals surface area contributed by atoms with Gasteiger partial charge in [0.15, 0.2) is 0 Å². The fourth-order valence-corrected chi connectivity index (χ4v) is 3.62. The zero-order chi connectivity index (χ0) is 15.9. The van der Waals surface area contributed by atoms with E-state index in [0.29, 0.717) is 0 Å². The van der Waals surface area contributed by atoms with E-state index in [0.717, 1.165) is 47.6 Å². The van der Waals surface area contributed by atoms with Gasteiger partial charge in [-0.1, -0.05) is 24.3 Å². The summed E-state index contributed by atoms with van der Waals surface area (Å²) in [7, 11) is 0. The van der Waals surface area contributed by atoms with Gasteiger partial charge in [-0.2, -0.15) is 0 Å². The maximum Gasteiger partial charge on any atom is 0.134 e. The lowest BCUT2D eigenvalue weighted by Crippen LogP contribution is -2.46. The first-order valence-corrected chi connectivity index (χ1v) is 8.28. The second kappa shape index (κ2) is 5.30. The van der Waals surface area contributed by atoms with Crippen LogP contribution in [0, 0.1) is 0 Å². The molecule has 0 fully saturated rings. The Morgan fingerprint density at radius 2 is 1.92 bits per heavy atom. The molecule has 5 heteroatoms. The largest absolute Gasteiger partial charge is 0.361 e. The van der Waals surface area contributed by atoms with E-state index in [4.69, 9.17) is 4.99 Å². The van der Waals surface area contributed by atoms with Gasteiger partial charge < -0.3 is 10.2 Å². The zero-order valence-corrected chi connectivity index (χ0v) is 13.2. The van der Waals surface area contributed by atoms with Crippen molar-refractivity contribution in [3.63, 3.8) is 0 Å². The maximum absolute atomic E-state index is 4.82. The van der Waals surface area contributed by atoms with Crippen molar-refractivity contribution in [1.82, 2.24) is 14.9 Å². The Hall–Kier alpha value is -2.95. The number of nitrogens with one attached hydrogen (secondary N) is 1. The number of fused-ring (bicyclic) bond motifs is 4. The average molecular weight is 315 g/mol. The monoisotopic (exact) mass is 315 g/mol. The van der Waals surface area contributed by atoms with Gasteiger partial charge >= 0.3 is 0 Å². The molecular weight excluding hydrogens is 298 g/mol. The molecule has 2 aromatic carbocycles. The predicted octanol–water partition coefficient (Wildman–Crippen LogP) is 3.21. The van der Waals surface area contributed by atoms with E-state index < -0.39 is 0 Å². The number of aliphatic imine (C=N–C) groups is 1. The van der Waals surface area contributed by atoms with Crippen molar-refractivity contribution in [2.45, 2.75) is 12.6 Å². The van der Waals surface area contributed by atoms with Gasteiger partial charge in [0.05, 0.1) is 11.0 Å². The third-order valence-corrected chi connectivity index (χ3v) is 4.69. The first-order chi connectivity index (χ1) is 11.9. The molecule has 0 saturated carbocycles. The number of para-hydroxylation sites is 2. The van der Waals surface area contributed by atoms with Gasteiger partial charge in [-0.25, -0.2) is 0 Å². The molecule has 24 heavy (non-hydrogen) atoms. The number of aromatic nitrogens is 2. The van der Waals surface area contributed by atoms with Crippen molar-refractivity contribution in [2.75, 3.05) is 18.4 Å². The molecule has 0 bridgehead atoms. The van der Waals surface area contributed by atoms with Crippen molar-refractivity contribution < 1.29 is 0 Å². The summed E-state index contributed by atoms with van der Waals surface area (Å²) in [4.78, 5) is 16.2. The Morgan fingerprint density at radius 3 is 2.92 bits per heavy atom. The quantitative estimate of drug-likeness (QED) is 0.749. The lowest BCUT2D eigenvalue weighted by atomic mass is 10.0. The molecule has 0 radical (unpaired) electrons. The SMILES string of the molecule is c1ccc2c(c1)NC(c1cccc3nccnc13)N1CCCN=C21. The number of rotatable bonds is 1. The van der Waals surface area contributed by atoms with E-state index in [9.17, 15) is 0 Å². The summed E-state index contributed by atoms with van der Waals surface area (Å²) in [6.45, 7) is 1.88. The van der Waals surface area contributed by atoms with Gasteiger partial charge in [0.1, 0.15) is 12.0 Å². The molecule has 1 unspecified atom stereocenters. The zero-order valence-electron chi connectivity index (χ0n) is 13.2. The van der Waals surface area contributed by atoms with Crippen LogP contribution in [0.25, 0.3) is 11.0 Å². The molecule has 3 heterocycles. The minimum atomic E-state index is 0.0272. The second-order valence-electron chi connectivity index (χ2n) is 6.12. The minimum absolute atomic E-state index is 0.0272. The van der Waals surface area contributed by atoms with E-state index in [-0.39, 0.29) is 6.17 Å². The van der Waals surface area contributed by atoms with Crippen LogP contribution in [0.15, 0.2) is 59.9 Å². The molecule has 0 saturated heterocycles. The van der Waals surface area contributed by atoms with Crippen LogP contribution in [0.5, 0.6) is 0 Å². The van der Waals surface area contributed by atoms with Crippen LogP contribution in [0.1, 0.15) is 23.7 Å². The van der Waals surface area contributed by atoms with E-state index in [1.807, 2.05) is 6.07 Å². The van der Waals surface area contributed by atoms with Crippen LogP contribution in [0.4, 0.5) is 5.69 Å². The molecule has 0 spiro atoms. The highest BCUT2D eigenvalue weighted by Gasteiger charge is 2.33. The van der Waals surface area contributed by atoms with Crippen LogP contribution in [-0.2, 0) is 0 Å². The molecule has 1 atom stereocenters. The molecular formula is C19H17N5. The molecule has 5 nitrogen and oxygen atoms in total. The summed E-state index contributed by atoms with van der Waals surface area (Å²) in [5.41, 5.74) is 5.32. The van der Waals surface area contributed by atoms with E-state index in [1.54, 1.807) is 12.4 Å². The Kier molecular flexibility index (Phi) is 2.98. The van der Waals surface area contributed by atoms with Crippen LogP contribution >= 0.6 is 0 Å². The molecule has 3 aromatic rings. The Bertz CT molecular complexity index is 944. The molecule has 0 aliphatic carbocycles. The van der Waals surface area contributed by atoms with Crippen molar-refractivity contribution in [2.24, 2.45) is 4.99 Å². The van der Waals surface area contributed by atoms with Crippen LogP contribution in [0.2, 0.25) is 0 Å². The van der Waals surface area contributed by atoms with Gasteiger partial charge in [0.25, 0.3) is 0 Å². The number of amidine groups is 1. The fourth-order valence-electron chi connectivity index (χ4n) is 3.62. The Balaban J connectivity index is 1.71. The molecule has 2 aliphatic rings. The second-order valence-corrected chi connectivity index (χ2v) is 6.12. The minimum Gasteiger partial charge on any atom is -0.361 e. The van der Waals surface area contributed by atoms with Crippen molar-refractivity contribution in [1.29, 1.82) is 0 Å². The average Bonchev–Trinajstić information content (AvgIpc) is 2.67. The van der Waals surface area contributed by atoms with E-state index in [2.05, 4.69) is 56.6 Å². The van der Waals surface area contributed by atoms with Crippen LogP contribution < -0.4 is 5.32 Å². The standard InChI is InChI=1S/C19H17N5/c1-2-7-15-13(5-1)18-22-9-4-12-24(18)19(23-15)14-6-3-8-16-17(14)21-11-10-20-16/h1-3,5-8,10-11,19,23H,4,9,12H2. The number of hydrogen-bond donors (Lipinski definition) is 1. The van der Waals surface area contributed by atoms with Gasteiger partial charge in [-0.3, -0.25) is 15.0 Å². The number of anilines is 1. The third-order valence-electron chi connectivity index (χ3n) is 4.69. The Morgan fingerprint density at radius 1 is 1.00 bits per heavy atom. The molecule has 5 rings (SSSR count). The maximum atomic E-state index is 4.82. The smallest absolute Gasteiger partial charge is 0.134 e. The highest BCUT2D eigenvalue weighted by molar-refractivity contribution is 6.06. The summed E-state index contributed by atoms with van der Waals surface area (Å²) in [6.07, 6.45) is 4.59. The van der Waals surface area contributed by atoms with Crippen LogP contribution in [0.3, 0.4) is 0 Å². The van der Waals surface area contributed by atoms with E-state index >= 15 is 0 Å². The summed E-state index contributed by atoms with van der Waals surface area (Å²) in [6, 6.07) is 14.6. The molecule has 0 amide bonds. The van der Waals surface area contributed by atoms with Gasteiger partial charge in [0.2, 0.25) is 0 Å². The highest BCUT2D eigenvalue weighted by Crippen LogP contribution is 2.36. The third kappa shape index (κ3) is 1.98. The van der Waals surface area contributed by atoms with Crippen LogP contribution in [-0.4, -0.2) is 33.8 Å². The molecule has 1 N–H and O–H groups in total. The summed E-state index contributed by atoms with van der Waals surface area (Å²) in [5.74, 6) is 1.08. The molecule has 2 aliphatic heterocycles. The lowest BCUT2D eigenvalue weighted by Gasteiger charge is -2.42. The number of benzene rings is 2. The van der Waals surface area contributed by atoms with Gasteiger partial charge in [-0.05, 0) is 24.6 Å². The van der Waals surface area contributed by atoms with Gasteiger partial charge in [0, 0.05) is 42.3 Å². The van der Waals surface area contributed by atoms with E-state index in [1.165, 1.54) is 5.56 Å². The first-order valence-electron chi connectivity index (χ1n) is 8.28. The topological polar surface area (TPSA) is 53.4 Å². The van der Waals surface area contributed by atoms with Crippen molar-refractivity contribution in [3.05, 3.63) is 66.0 Å². The fraction of sp³-hybridized carbons (Fsp3) is 0.211. The Labute approximate surface area is 140 Å². The summed E-state index contributed by atoms with van der Waals surface area (Å²) >= 11 is 0. The number of nitrogens with zero attached hydrogens (tertiary/aromatic N) is 4. The lowest BCUT2D eigenvalue weighted by molar-refractivity contribution is 0.324. The highest BCUT2D eigenvalue weighted by atomic mass is 15.3. The van der Waals surface area contributed by atoms with Crippen molar-refractivity contribution in [3.8, 4) is 0 Å². The molecule has 1 aromatic heterocycles. The first kappa shape index (κ1) is 13.5. The summed E-state index contributed by atoms with van der Waals surface area (Å²) in [5, 5.41) is 3.68. The number of hydrogen-bond acceptors (Lipinski definition) is 5. The molecule has 118 valence electrons. The van der Waals surface area contributed by atoms with Gasteiger partial charge in [-0.15, -0.1) is 0 Å².